The third kappa shape index (κ3) is 3.85. The van der Waals surface area contributed by atoms with E-state index in [1.807, 2.05) is 38.2 Å². The maximum absolute atomic E-state index is 12.7. The summed E-state index contributed by atoms with van der Waals surface area (Å²) in [5.74, 6) is -0.120. The summed E-state index contributed by atoms with van der Waals surface area (Å²) in [6.45, 7) is 4.27. The maximum Gasteiger partial charge on any atom is 0.243 e. The van der Waals surface area contributed by atoms with Gasteiger partial charge in [0.15, 0.2) is 0 Å². The second-order valence-corrected chi connectivity index (χ2v) is 7.08. The molecular formula is C19H26N4O2. The van der Waals surface area contributed by atoms with Crippen molar-refractivity contribution in [3.05, 3.63) is 36.0 Å². The predicted octanol–water partition coefficient (Wildman–Crippen LogP) is 1.55. The molecule has 1 aliphatic rings. The molecule has 2 heterocycles. The average Bonchev–Trinajstić information content (AvgIpc) is 3.15. The first-order valence-corrected chi connectivity index (χ1v) is 8.86. The average molecular weight is 342 g/mol. The lowest BCUT2D eigenvalue weighted by atomic mass is 10.1. The number of fused-ring (bicyclic) bond motifs is 1. The minimum absolute atomic E-state index is 0.0119. The predicted molar refractivity (Wildman–Crippen MR) is 98.0 cm³/mol. The summed E-state index contributed by atoms with van der Waals surface area (Å²) in [5, 5.41) is 4.03. The maximum atomic E-state index is 12.7. The molecule has 134 valence electrons. The molecule has 3 rings (SSSR count). The Morgan fingerprint density at radius 1 is 1.36 bits per heavy atom. The number of carbonyl (C=O) groups is 2. The molecule has 0 saturated carbocycles. The SMILES string of the molecule is CC(C)NC(=O)[C@@H]1C[C@H](N)CN1C(=O)CCc1c[nH]c2ccccc12. The number of carbonyl (C=O) groups excluding carboxylic acids is 2. The monoisotopic (exact) mass is 342 g/mol. The number of aromatic nitrogens is 1. The van der Waals surface area contributed by atoms with Crippen LogP contribution in [-0.4, -0.2) is 46.4 Å². The van der Waals surface area contributed by atoms with Crippen LogP contribution in [0, 0.1) is 0 Å². The summed E-state index contributed by atoms with van der Waals surface area (Å²) < 4.78 is 0. The van der Waals surface area contributed by atoms with Crippen LogP contribution in [0.4, 0.5) is 0 Å². The fourth-order valence-electron chi connectivity index (χ4n) is 3.50. The van der Waals surface area contributed by atoms with Gasteiger partial charge in [-0.1, -0.05) is 18.2 Å². The van der Waals surface area contributed by atoms with E-state index in [0.29, 0.717) is 25.8 Å². The van der Waals surface area contributed by atoms with Gasteiger partial charge in [0, 0.05) is 42.1 Å². The molecule has 6 heteroatoms. The molecule has 0 spiro atoms. The third-order valence-corrected chi connectivity index (χ3v) is 4.67. The molecule has 25 heavy (non-hydrogen) atoms. The molecule has 1 aliphatic heterocycles. The Morgan fingerprint density at radius 2 is 2.12 bits per heavy atom. The van der Waals surface area contributed by atoms with Crippen LogP contribution in [0.15, 0.2) is 30.5 Å². The van der Waals surface area contributed by atoms with E-state index in [9.17, 15) is 9.59 Å². The van der Waals surface area contributed by atoms with Crippen molar-refractivity contribution >= 4 is 22.7 Å². The Balaban J connectivity index is 1.66. The van der Waals surface area contributed by atoms with Gasteiger partial charge >= 0.3 is 0 Å². The first kappa shape index (κ1) is 17.5. The lowest BCUT2D eigenvalue weighted by Gasteiger charge is -2.24. The number of hydrogen-bond donors (Lipinski definition) is 3. The number of amides is 2. The fourth-order valence-corrected chi connectivity index (χ4v) is 3.50. The number of nitrogens with one attached hydrogen (secondary N) is 2. The van der Waals surface area contributed by atoms with Gasteiger partial charge in [-0.15, -0.1) is 0 Å². The number of aromatic amines is 1. The topological polar surface area (TPSA) is 91.2 Å². The van der Waals surface area contributed by atoms with E-state index in [-0.39, 0.29) is 23.9 Å². The van der Waals surface area contributed by atoms with Crippen LogP contribution < -0.4 is 11.1 Å². The van der Waals surface area contributed by atoms with Crippen LogP contribution in [0.3, 0.4) is 0 Å². The zero-order valence-corrected chi connectivity index (χ0v) is 14.8. The van der Waals surface area contributed by atoms with Gasteiger partial charge in [-0.2, -0.15) is 0 Å². The zero-order valence-electron chi connectivity index (χ0n) is 14.8. The zero-order chi connectivity index (χ0) is 18.0. The number of para-hydroxylation sites is 1. The number of nitrogens with zero attached hydrogens (tertiary/aromatic N) is 1. The molecule has 4 N–H and O–H groups in total. The number of likely N-dealkylation sites (tertiary alicyclic amines) is 1. The van der Waals surface area contributed by atoms with Crippen molar-refractivity contribution in [2.45, 2.75) is 51.2 Å². The van der Waals surface area contributed by atoms with Crippen LogP contribution in [0.25, 0.3) is 10.9 Å². The van der Waals surface area contributed by atoms with E-state index in [1.54, 1.807) is 4.90 Å². The third-order valence-electron chi connectivity index (χ3n) is 4.67. The number of aryl methyl sites for hydroxylation is 1. The van der Waals surface area contributed by atoms with E-state index in [2.05, 4.69) is 16.4 Å². The van der Waals surface area contributed by atoms with Crippen molar-refractivity contribution in [2.24, 2.45) is 5.73 Å². The van der Waals surface area contributed by atoms with Gasteiger partial charge < -0.3 is 20.9 Å². The largest absolute Gasteiger partial charge is 0.361 e. The number of hydrogen-bond acceptors (Lipinski definition) is 3. The van der Waals surface area contributed by atoms with Gasteiger partial charge in [-0.05, 0) is 38.3 Å². The van der Waals surface area contributed by atoms with Gasteiger partial charge in [0.1, 0.15) is 6.04 Å². The molecule has 0 aliphatic carbocycles. The van der Waals surface area contributed by atoms with Crippen LogP contribution in [0.2, 0.25) is 0 Å². The summed E-state index contributed by atoms with van der Waals surface area (Å²) in [6, 6.07) is 7.51. The summed E-state index contributed by atoms with van der Waals surface area (Å²) in [5.41, 5.74) is 8.20. The van der Waals surface area contributed by atoms with Gasteiger partial charge in [0.05, 0.1) is 0 Å². The number of rotatable bonds is 5. The molecule has 6 nitrogen and oxygen atoms in total. The smallest absolute Gasteiger partial charge is 0.243 e. The first-order valence-electron chi connectivity index (χ1n) is 8.86. The van der Waals surface area contributed by atoms with E-state index >= 15 is 0 Å². The molecule has 2 atom stereocenters. The lowest BCUT2D eigenvalue weighted by Crippen LogP contribution is -2.47. The molecule has 2 amide bonds. The normalized spacial score (nSPS) is 20.4. The van der Waals surface area contributed by atoms with E-state index in [4.69, 9.17) is 5.73 Å². The van der Waals surface area contributed by atoms with Crippen LogP contribution in [0.1, 0.15) is 32.3 Å². The minimum atomic E-state index is -0.451. The number of benzene rings is 1. The summed E-state index contributed by atoms with van der Waals surface area (Å²) in [6.07, 6.45) is 3.50. The van der Waals surface area contributed by atoms with E-state index in [1.165, 1.54) is 0 Å². The Kier molecular flexibility index (Phi) is 5.08. The second kappa shape index (κ2) is 7.27. The minimum Gasteiger partial charge on any atom is -0.361 e. The quantitative estimate of drug-likeness (QED) is 0.770. The highest BCUT2D eigenvalue weighted by Gasteiger charge is 2.37. The second-order valence-electron chi connectivity index (χ2n) is 7.08. The molecule has 1 aromatic heterocycles. The Bertz CT molecular complexity index is 768. The molecule has 0 radical (unpaired) electrons. The van der Waals surface area contributed by atoms with Crippen molar-refractivity contribution in [1.82, 2.24) is 15.2 Å². The summed E-state index contributed by atoms with van der Waals surface area (Å²) in [4.78, 5) is 29.9. The molecule has 1 aromatic carbocycles. The highest BCUT2D eigenvalue weighted by atomic mass is 16.2. The Hall–Kier alpha value is -2.34. The Morgan fingerprint density at radius 3 is 2.88 bits per heavy atom. The van der Waals surface area contributed by atoms with Gasteiger partial charge in [-0.25, -0.2) is 0 Å². The molecular weight excluding hydrogens is 316 g/mol. The standard InChI is InChI=1S/C19H26N4O2/c1-12(2)22-19(25)17-9-14(20)11-23(17)18(24)8-7-13-10-21-16-6-4-3-5-15(13)16/h3-6,10,12,14,17,21H,7-9,11,20H2,1-2H3,(H,22,25)/t14-,17-/m0/s1. The van der Waals surface area contributed by atoms with Crippen LogP contribution in [0.5, 0.6) is 0 Å². The van der Waals surface area contributed by atoms with Gasteiger partial charge in [0.25, 0.3) is 0 Å². The van der Waals surface area contributed by atoms with Gasteiger partial charge in [-0.3, -0.25) is 9.59 Å². The lowest BCUT2D eigenvalue weighted by molar-refractivity contribution is -0.138. The molecule has 1 saturated heterocycles. The van der Waals surface area contributed by atoms with Crippen molar-refractivity contribution in [3.63, 3.8) is 0 Å². The number of H-pyrrole nitrogens is 1. The molecule has 1 fully saturated rings. The Labute approximate surface area is 147 Å². The molecule has 0 unspecified atom stereocenters. The van der Waals surface area contributed by atoms with Crippen molar-refractivity contribution in [1.29, 1.82) is 0 Å². The van der Waals surface area contributed by atoms with Crippen molar-refractivity contribution < 1.29 is 9.59 Å². The van der Waals surface area contributed by atoms with E-state index in [0.717, 1.165) is 16.5 Å². The van der Waals surface area contributed by atoms with E-state index < -0.39 is 6.04 Å². The highest BCUT2D eigenvalue weighted by molar-refractivity contribution is 5.89. The van der Waals surface area contributed by atoms with Gasteiger partial charge in [0.2, 0.25) is 11.8 Å². The highest BCUT2D eigenvalue weighted by Crippen LogP contribution is 2.22. The molecule has 0 bridgehead atoms. The number of nitrogens with two attached hydrogens (primary N) is 1. The van der Waals surface area contributed by atoms with Crippen LogP contribution >= 0.6 is 0 Å². The van der Waals surface area contributed by atoms with Crippen molar-refractivity contribution in [2.75, 3.05) is 6.54 Å². The summed E-state index contributed by atoms with van der Waals surface area (Å²) in [7, 11) is 0. The van der Waals surface area contributed by atoms with Crippen molar-refractivity contribution in [3.8, 4) is 0 Å². The van der Waals surface area contributed by atoms with Crippen LogP contribution in [-0.2, 0) is 16.0 Å². The first-order chi connectivity index (χ1) is 12.0. The molecule has 2 aromatic rings. The fraction of sp³-hybridized carbons (Fsp3) is 0.474. The summed E-state index contributed by atoms with van der Waals surface area (Å²) >= 11 is 0.